The van der Waals surface area contributed by atoms with Crippen molar-refractivity contribution in [2.75, 3.05) is 19.6 Å². The fourth-order valence-electron chi connectivity index (χ4n) is 6.90. The maximum absolute atomic E-state index is 14.2. The van der Waals surface area contributed by atoms with Gasteiger partial charge in [-0.25, -0.2) is 0 Å². The summed E-state index contributed by atoms with van der Waals surface area (Å²) in [5, 5.41) is 21.0. The standard InChI is InChI=1S/C36H46N6O7/c1-22(2)18-27-35(48)42-17-7-11-30(42)34(47)39-26(19-23-8-4-3-5-9-23)32(45)40-28(20-24-12-14-25(43)15-13-24)36(49)41-16-6-10-29(41)33(46)37-21-31(44)38-27/h3-5,8-9,12-15,22,26-30,43H,6-7,10-11,16-21H2,1-2H3,(H,37,46)(H,38,44)(H,39,47)(H,40,45). The van der Waals surface area contributed by atoms with Crippen LogP contribution in [0, 0.1) is 5.92 Å². The highest BCUT2D eigenvalue weighted by atomic mass is 16.3. The van der Waals surface area contributed by atoms with Crippen molar-refractivity contribution in [1.29, 1.82) is 0 Å². The van der Waals surface area contributed by atoms with Crippen LogP contribution in [0.1, 0.15) is 57.1 Å². The number of phenols is 1. The van der Waals surface area contributed by atoms with Crippen LogP contribution in [0.4, 0.5) is 0 Å². The van der Waals surface area contributed by atoms with E-state index in [9.17, 15) is 33.9 Å². The number of hydrogen-bond acceptors (Lipinski definition) is 7. The molecule has 0 bridgehead atoms. The molecule has 5 unspecified atom stereocenters. The minimum Gasteiger partial charge on any atom is -0.508 e. The summed E-state index contributed by atoms with van der Waals surface area (Å²) in [5.74, 6) is -2.91. The van der Waals surface area contributed by atoms with Gasteiger partial charge in [-0.1, -0.05) is 56.3 Å². The first kappa shape index (κ1) is 35.4. The Kier molecular flexibility index (Phi) is 11.5. The predicted octanol–water partition coefficient (Wildman–Crippen LogP) is 0.790. The van der Waals surface area contributed by atoms with Crippen molar-refractivity contribution in [2.45, 2.75) is 89.0 Å². The van der Waals surface area contributed by atoms with Crippen LogP contribution < -0.4 is 21.3 Å². The topological polar surface area (TPSA) is 177 Å². The van der Waals surface area contributed by atoms with Crippen LogP contribution >= 0.6 is 0 Å². The number of amides is 6. The summed E-state index contributed by atoms with van der Waals surface area (Å²) in [4.78, 5) is 85.5. The van der Waals surface area contributed by atoms with Gasteiger partial charge < -0.3 is 36.2 Å². The van der Waals surface area contributed by atoms with Crippen molar-refractivity contribution in [1.82, 2.24) is 31.1 Å². The van der Waals surface area contributed by atoms with Gasteiger partial charge in [0.15, 0.2) is 0 Å². The van der Waals surface area contributed by atoms with Crippen molar-refractivity contribution in [3.05, 3.63) is 65.7 Å². The number of phenolic OH excluding ortho intramolecular Hbond substituents is 1. The van der Waals surface area contributed by atoms with E-state index in [0.29, 0.717) is 44.2 Å². The molecule has 3 aliphatic rings. The summed E-state index contributed by atoms with van der Waals surface area (Å²) in [6.07, 6.45) is 2.38. The molecule has 6 amide bonds. The molecule has 49 heavy (non-hydrogen) atoms. The second kappa shape index (κ2) is 16.0. The van der Waals surface area contributed by atoms with Gasteiger partial charge in [0.25, 0.3) is 0 Å². The van der Waals surface area contributed by atoms with Crippen molar-refractivity contribution < 1.29 is 33.9 Å². The van der Waals surface area contributed by atoms with Gasteiger partial charge in [-0.2, -0.15) is 0 Å². The third-order valence-electron chi connectivity index (χ3n) is 9.35. The summed E-state index contributed by atoms with van der Waals surface area (Å²) >= 11 is 0. The first-order valence-electron chi connectivity index (χ1n) is 17.1. The molecule has 13 nitrogen and oxygen atoms in total. The number of nitrogens with zero attached hydrogens (tertiary/aromatic N) is 2. The number of rotatable bonds is 6. The van der Waals surface area contributed by atoms with E-state index in [1.807, 2.05) is 44.2 Å². The fourth-order valence-corrected chi connectivity index (χ4v) is 6.90. The van der Waals surface area contributed by atoms with E-state index in [0.717, 1.165) is 5.56 Å². The molecule has 5 rings (SSSR count). The lowest BCUT2D eigenvalue weighted by molar-refractivity contribution is -0.144. The highest BCUT2D eigenvalue weighted by Crippen LogP contribution is 2.23. The number of carbonyl (C=O) groups is 6. The Morgan fingerprint density at radius 1 is 0.673 bits per heavy atom. The van der Waals surface area contributed by atoms with Crippen LogP contribution in [0.15, 0.2) is 54.6 Å². The molecule has 3 saturated heterocycles. The zero-order valence-electron chi connectivity index (χ0n) is 28.0. The average Bonchev–Trinajstić information content (AvgIpc) is 3.77. The van der Waals surface area contributed by atoms with Gasteiger partial charge in [-0.15, -0.1) is 0 Å². The molecule has 5 atom stereocenters. The average molecular weight is 675 g/mol. The number of aromatic hydroxyl groups is 1. The van der Waals surface area contributed by atoms with Crippen LogP contribution in [-0.2, 0) is 41.6 Å². The minimum atomic E-state index is -1.11. The Morgan fingerprint density at radius 2 is 1.22 bits per heavy atom. The zero-order chi connectivity index (χ0) is 35.1. The lowest BCUT2D eigenvalue weighted by atomic mass is 10.0. The van der Waals surface area contributed by atoms with E-state index >= 15 is 0 Å². The SMILES string of the molecule is CC(C)CC1NC(=O)CNC(=O)C2CCCN2C(=O)C(Cc2ccc(O)cc2)NC(=O)C(Cc2ccccc2)NC(=O)C2CCCN2C1=O. The Balaban J connectivity index is 1.50. The van der Waals surface area contributed by atoms with Crippen LogP contribution in [0.2, 0.25) is 0 Å². The normalized spacial score (nSPS) is 25.9. The number of benzene rings is 2. The van der Waals surface area contributed by atoms with E-state index in [4.69, 9.17) is 0 Å². The highest BCUT2D eigenvalue weighted by Gasteiger charge is 2.41. The summed E-state index contributed by atoms with van der Waals surface area (Å²) in [6, 6.07) is 10.6. The van der Waals surface area contributed by atoms with Crippen molar-refractivity contribution >= 4 is 35.4 Å². The summed E-state index contributed by atoms with van der Waals surface area (Å²) in [5.41, 5.74) is 1.44. The molecule has 0 saturated carbocycles. The molecular formula is C36H46N6O7. The molecule has 0 spiro atoms. The molecule has 0 radical (unpaired) electrons. The molecule has 3 aliphatic heterocycles. The van der Waals surface area contributed by atoms with Crippen LogP contribution in [0.5, 0.6) is 5.75 Å². The molecule has 3 fully saturated rings. The third kappa shape index (κ3) is 8.95. The Bertz CT molecular complexity index is 1530. The van der Waals surface area contributed by atoms with Crippen LogP contribution in [0.25, 0.3) is 0 Å². The molecule has 0 aliphatic carbocycles. The molecule has 262 valence electrons. The van der Waals surface area contributed by atoms with Gasteiger partial charge in [0.05, 0.1) is 6.54 Å². The van der Waals surface area contributed by atoms with Gasteiger partial charge >= 0.3 is 0 Å². The quantitative estimate of drug-likeness (QED) is 0.301. The Morgan fingerprint density at radius 3 is 1.86 bits per heavy atom. The van der Waals surface area contributed by atoms with Gasteiger partial charge in [0.1, 0.15) is 36.0 Å². The van der Waals surface area contributed by atoms with Crippen molar-refractivity contribution in [3.8, 4) is 5.75 Å². The number of hydrogen-bond donors (Lipinski definition) is 5. The van der Waals surface area contributed by atoms with E-state index in [-0.39, 0.29) is 31.1 Å². The third-order valence-corrected chi connectivity index (χ3v) is 9.35. The van der Waals surface area contributed by atoms with E-state index < -0.39 is 72.2 Å². The van der Waals surface area contributed by atoms with Crippen molar-refractivity contribution in [3.63, 3.8) is 0 Å². The van der Waals surface area contributed by atoms with E-state index in [2.05, 4.69) is 21.3 Å². The molecule has 0 aromatic heterocycles. The lowest BCUT2D eigenvalue weighted by Crippen LogP contribution is -2.60. The second-order valence-corrected chi connectivity index (χ2v) is 13.5. The smallest absolute Gasteiger partial charge is 0.246 e. The molecule has 3 heterocycles. The number of carbonyl (C=O) groups excluding carboxylic acids is 6. The van der Waals surface area contributed by atoms with Gasteiger partial charge in [0.2, 0.25) is 35.4 Å². The predicted molar refractivity (Wildman–Crippen MR) is 180 cm³/mol. The van der Waals surface area contributed by atoms with Crippen molar-refractivity contribution in [2.24, 2.45) is 5.92 Å². The summed E-state index contributed by atoms with van der Waals surface area (Å²) in [6.45, 7) is 4.05. The van der Waals surface area contributed by atoms with Gasteiger partial charge in [-0.05, 0) is 61.3 Å². The molecule has 2 aromatic carbocycles. The first-order valence-corrected chi connectivity index (χ1v) is 17.1. The highest BCUT2D eigenvalue weighted by molar-refractivity contribution is 5.98. The Labute approximate surface area is 286 Å². The summed E-state index contributed by atoms with van der Waals surface area (Å²) < 4.78 is 0. The summed E-state index contributed by atoms with van der Waals surface area (Å²) in [7, 11) is 0. The van der Waals surface area contributed by atoms with Crippen LogP contribution in [-0.4, -0.2) is 100 Å². The van der Waals surface area contributed by atoms with Gasteiger partial charge in [0, 0.05) is 25.9 Å². The largest absolute Gasteiger partial charge is 0.508 e. The molecular weight excluding hydrogens is 628 g/mol. The fraction of sp³-hybridized carbons (Fsp3) is 0.500. The van der Waals surface area contributed by atoms with Crippen LogP contribution in [0.3, 0.4) is 0 Å². The number of nitrogens with one attached hydrogen (secondary N) is 4. The van der Waals surface area contributed by atoms with Gasteiger partial charge in [-0.3, -0.25) is 28.8 Å². The first-order chi connectivity index (χ1) is 23.5. The lowest BCUT2D eigenvalue weighted by Gasteiger charge is -2.32. The minimum absolute atomic E-state index is 0.0445. The molecule has 13 heteroatoms. The monoisotopic (exact) mass is 674 g/mol. The molecule has 5 N–H and O–H groups in total. The number of fused-ring (bicyclic) bond motifs is 2. The van der Waals surface area contributed by atoms with E-state index in [1.54, 1.807) is 12.1 Å². The maximum Gasteiger partial charge on any atom is 0.246 e. The maximum atomic E-state index is 14.2. The Hall–Kier alpha value is -4.94. The van der Waals surface area contributed by atoms with E-state index in [1.165, 1.54) is 21.9 Å². The molecule has 2 aromatic rings. The second-order valence-electron chi connectivity index (χ2n) is 13.5. The zero-order valence-corrected chi connectivity index (χ0v) is 28.0.